The van der Waals surface area contributed by atoms with Crippen molar-refractivity contribution >= 4 is 9.93 Å². The van der Waals surface area contributed by atoms with Crippen molar-refractivity contribution in [3.05, 3.63) is 0 Å². The van der Waals surface area contributed by atoms with Crippen molar-refractivity contribution in [1.82, 2.24) is 0 Å². The van der Waals surface area contributed by atoms with Gasteiger partial charge in [-0.05, 0) is 12.8 Å². The molecule has 13 heavy (non-hydrogen) atoms. The second-order valence-corrected chi connectivity index (χ2v) is 7.88. The highest BCUT2D eigenvalue weighted by molar-refractivity contribution is 8.01. The maximum Gasteiger partial charge on any atom is 0.140 e. The summed E-state index contributed by atoms with van der Waals surface area (Å²) in [5, 5.41) is 10.2. The van der Waals surface area contributed by atoms with Crippen LogP contribution in [-0.2, 0) is 14.1 Å². The fourth-order valence-electron chi connectivity index (χ4n) is 2.18. The Balaban J connectivity index is 2.57. The first-order valence-electron chi connectivity index (χ1n) is 5.06. The molecule has 1 rings (SSSR count). The summed E-state index contributed by atoms with van der Waals surface area (Å²) in [4.78, 5) is 0. The molecule has 1 aliphatic carbocycles. The third-order valence-corrected chi connectivity index (χ3v) is 3.88. The maximum absolute atomic E-state index is 11.6. The van der Waals surface area contributed by atoms with Crippen LogP contribution in [-0.4, -0.2) is 29.0 Å². The molecular weight excluding hydrogens is 184 g/mol. The summed E-state index contributed by atoms with van der Waals surface area (Å²) >= 11 is 0. The SMILES string of the molecule is C[S+](C)(=O)CC1(O)CCCCCC1. The monoisotopic (exact) mass is 205 g/mol. The molecule has 78 valence electrons. The summed E-state index contributed by atoms with van der Waals surface area (Å²) in [7, 11) is -1.80. The van der Waals surface area contributed by atoms with Gasteiger partial charge in [0, 0.05) is 0 Å². The van der Waals surface area contributed by atoms with Crippen LogP contribution in [0.25, 0.3) is 0 Å². The number of aliphatic hydroxyl groups is 1. The zero-order chi connectivity index (χ0) is 9.95. The van der Waals surface area contributed by atoms with Crippen LogP contribution in [0.5, 0.6) is 0 Å². The van der Waals surface area contributed by atoms with E-state index in [9.17, 15) is 9.32 Å². The maximum atomic E-state index is 11.6. The summed E-state index contributed by atoms with van der Waals surface area (Å²) in [6.07, 6.45) is 9.79. The Morgan fingerprint density at radius 3 is 2.00 bits per heavy atom. The summed E-state index contributed by atoms with van der Waals surface area (Å²) in [6, 6.07) is 0. The van der Waals surface area contributed by atoms with Gasteiger partial charge in [-0.15, -0.1) is 4.21 Å². The minimum Gasteiger partial charge on any atom is -0.385 e. The summed E-state index contributed by atoms with van der Waals surface area (Å²) in [5.41, 5.74) is -0.628. The smallest absolute Gasteiger partial charge is 0.140 e. The molecule has 2 nitrogen and oxygen atoms in total. The van der Waals surface area contributed by atoms with Crippen molar-refractivity contribution < 1.29 is 9.32 Å². The molecule has 0 saturated heterocycles. The average Bonchev–Trinajstić information content (AvgIpc) is 2.09. The number of hydrogen-bond donors (Lipinski definition) is 1. The average molecular weight is 205 g/mol. The quantitative estimate of drug-likeness (QED) is 0.551. The van der Waals surface area contributed by atoms with Crippen LogP contribution in [0, 0.1) is 0 Å². The second kappa shape index (κ2) is 4.09. The Morgan fingerprint density at radius 1 is 1.15 bits per heavy atom. The zero-order valence-corrected chi connectivity index (χ0v) is 9.53. The van der Waals surface area contributed by atoms with Crippen LogP contribution in [0.1, 0.15) is 38.5 Å². The van der Waals surface area contributed by atoms with E-state index in [-0.39, 0.29) is 0 Å². The van der Waals surface area contributed by atoms with Crippen LogP contribution in [0.15, 0.2) is 0 Å². The number of rotatable bonds is 2. The van der Waals surface area contributed by atoms with E-state index in [0.29, 0.717) is 5.75 Å². The van der Waals surface area contributed by atoms with E-state index in [2.05, 4.69) is 0 Å². The molecule has 1 fully saturated rings. The van der Waals surface area contributed by atoms with Gasteiger partial charge in [-0.25, -0.2) is 0 Å². The largest absolute Gasteiger partial charge is 0.385 e. The predicted octanol–water partition coefficient (Wildman–Crippen LogP) is 1.83. The van der Waals surface area contributed by atoms with Gasteiger partial charge < -0.3 is 5.11 Å². The Kier molecular flexibility index (Phi) is 3.52. The molecule has 1 saturated carbocycles. The molecule has 0 heterocycles. The highest BCUT2D eigenvalue weighted by Crippen LogP contribution is 2.28. The van der Waals surface area contributed by atoms with Gasteiger partial charge in [0.05, 0.1) is 9.93 Å². The minimum atomic E-state index is -1.80. The van der Waals surface area contributed by atoms with Crippen molar-refractivity contribution in [2.24, 2.45) is 0 Å². The van der Waals surface area contributed by atoms with Gasteiger partial charge >= 0.3 is 0 Å². The van der Waals surface area contributed by atoms with Crippen molar-refractivity contribution in [1.29, 1.82) is 0 Å². The Hall–Kier alpha value is 0.110. The molecule has 0 radical (unpaired) electrons. The van der Waals surface area contributed by atoms with Gasteiger partial charge in [-0.2, -0.15) is 0 Å². The lowest BCUT2D eigenvalue weighted by Crippen LogP contribution is -2.38. The van der Waals surface area contributed by atoms with Crippen molar-refractivity contribution in [3.63, 3.8) is 0 Å². The lowest BCUT2D eigenvalue weighted by molar-refractivity contribution is 0.0481. The molecule has 0 bridgehead atoms. The van der Waals surface area contributed by atoms with Gasteiger partial charge in [0.15, 0.2) is 0 Å². The van der Waals surface area contributed by atoms with E-state index in [1.54, 1.807) is 12.5 Å². The van der Waals surface area contributed by atoms with Crippen molar-refractivity contribution in [3.8, 4) is 0 Å². The van der Waals surface area contributed by atoms with Crippen molar-refractivity contribution in [2.75, 3.05) is 18.3 Å². The molecule has 0 aromatic rings. The number of hydrogen-bond acceptors (Lipinski definition) is 2. The molecule has 0 amide bonds. The van der Waals surface area contributed by atoms with Gasteiger partial charge in [-0.1, -0.05) is 25.7 Å². The lowest BCUT2D eigenvalue weighted by Gasteiger charge is -2.24. The van der Waals surface area contributed by atoms with Crippen LogP contribution < -0.4 is 0 Å². The van der Waals surface area contributed by atoms with E-state index in [4.69, 9.17) is 0 Å². The first kappa shape index (κ1) is 11.2. The molecule has 1 N–H and O–H groups in total. The van der Waals surface area contributed by atoms with Crippen LogP contribution in [0.3, 0.4) is 0 Å². The highest BCUT2D eigenvalue weighted by atomic mass is 32.2. The normalized spacial score (nSPS) is 23.9. The highest BCUT2D eigenvalue weighted by Gasteiger charge is 2.35. The molecule has 0 aliphatic heterocycles. The van der Waals surface area contributed by atoms with Crippen LogP contribution in [0.2, 0.25) is 0 Å². The standard InChI is InChI=1S/C10H21O2S/c1-13(2,12)9-10(11)7-5-3-4-6-8-10/h11H,3-9H2,1-2H3/q+1. The Morgan fingerprint density at radius 2 is 1.62 bits per heavy atom. The fourth-order valence-corrected chi connectivity index (χ4v) is 3.76. The van der Waals surface area contributed by atoms with E-state index < -0.39 is 15.5 Å². The first-order valence-corrected chi connectivity index (χ1v) is 7.60. The van der Waals surface area contributed by atoms with Crippen molar-refractivity contribution in [2.45, 2.75) is 44.1 Å². The van der Waals surface area contributed by atoms with E-state index >= 15 is 0 Å². The second-order valence-electron chi connectivity index (χ2n) is 4.72. The topological polar surface area (TPSA) is 37.3 Å². The molecule has 3 heteroatoms. The van der Waals surface area contributed by atoms with Gasteiger partial charge in [0.2, 0.25) is 0 Å². The summed E-state index contributed by atoms with van der Waals surface area (Å²) < 4.78 is 11.6. The molecular formula is C10H21O2S+. The Bertz CT molecular complexity index is 199. The zero-order valence-electron chi connectivity index (χ0n) is 8.71. The molecule has 0 aromatic heterocycles. The molecule has 0 unspecified atom stereocenters. The van der Waals surface area contributed by atoms with Gasteiger partial charge in [-0.3, -0.25) is 0 Å². The molecule has 1 aliphatic rings. The molecule has 0 atom stereocenters. The Labute approximate surface area is 82.2 Å². The summed E-state index contributed by atoms with van der Waals surface area (Å²) in [5.74, 6) is 0.486. The van der Waals surface area contributed by atoms with Crippen LogP contribution in [0.4, 0.5) is 0 Å². The summed E-state index contributed by atoms with van der Waals surface area (Å²) in [6.45, 7) is 0. The third-order valence-electron chi connectivity index (χ3n) is 2.65. The van der Waals surface area contributed by atoms with E-state index in [1.807, 2.05) is 0 Å². The first-order chi connectivity index (χ1) is 5.91. The van der Waals surface area contributed by atoms with Gasteiger partial charge in [0.1, 0.15) is 23.9 Å². The van der Waals surface area contributed by atoms with Crippen LogP contribution >= 0.6 is 0 Å². The lowest BCUT2D eigenvalue weighted by atomic mass is 9.97. The molecule has 0 spiro atoms. The fraction of sp³-hybridized carbons (Fsp3) is 1.00. The predicted molar refractivity (Wildman–Crippen MR) is 57.4 cm³/mol. The third kappa shape index (κ3) is 4.23. The minimum absolute atomic E-state index is 0.486. The van der Waals surface area contributed by atoms with E-state index in [0.717, 1.165) is 25.7 Å². The van der Waals surface area contributed by atoms with E-state index in [1.165, 1.54) is 12.8 Å². The molecule has 0 aromatic carbocycles. The van der Waals surface area contributed by atoms with Gasteiger partial charge in [0.25, 0.3) is 0 Å².